The molecule has 0 spiro atoms. The van der Waals surface area contributed by atoms with Crippen LogP contribution in [0.15, 0.2) is 54.6 Å². The summed E-state index contributed by atoms with van der Waals surface area (Å²) in [5, 5.41) is 0. The van der Waals surface area contributed by atoms with Gasteiger partial charge >= 0.3 is 11.9 Å². The van der Waals surface area contributed by atoms with Crippen molar-refractivity contribution >= 4 is 11.9 Å². The van der Waals surface area contributed by atoms with Crippen LogP contribution in [0.25, 0.3) is 11.1 Å². The zero-order chi connectivity index (χ0) is 15.1. The van der Waals surface area contributed by atoms with Crippen LogP contribution in [-0.4, -0.2) is 25.2 Å². The van der Waals surface area contributed by atoms with Crippen LogP contribution in [-0.2, 0) is 14.3 Å². The van der Waals surface area contributed by atoms with Gasteiger partial charge in [-0.1, -0.05) is 42.5 Å². The highest BCUT2D eigenvalue weighted by molar-refractivity contribution is 5.91. The number of carbonyl (C=O) groups excluding carboxylic acids is 2. The summed E-state index contributed by atoms with van der Waals surface area (Å²) in [6.45, 7) is 1.59. The fraction of sp³-hybridized carbons (Fsp3) is 0.176. The van der Waals surface area contributed by atoms with Gasteiger partial charge < -0.3 is 9.47 Å². The monoisotopic (exact) mass is 284 g/mol. The first-order valence-corrected chi connectivity index (χ1v) is 6.69. The SMILES string of the molecule is CCOC(=O)COC(=O)c1ccc(-c2ccccc2)cc1. The Kier molecular flexibility index (Phi) is 5.10. The zero-order valence-electron chi connectivity index (χ0n) is 11.7. The van der Waals surface area contributed by atoms with Gasteiger partial charge in [0.2, 0.25) is 0 Å². The summed E-state index contributed by atoms with van der Waals surface area (Å²) in [4.78, 5) is 22.9. The molecule has 0 saturated carbocycles. The van der Waals surface area contributed by atoms with Crippen LogP contribution in [0.2, 0.25) is 0 Å². The van der Waals surface area contributed by atoms with Gasteiger partial charge in [0.1, 0.15) is 0 Å². The van der Waals surface area contributed by atoms with E-state index in [-0.39, 0.29) is 13.2 Å². The molecule has 2 rings (SSSR count). The lowest BCUT2D eigenvalue weighted by atomic mass is 10.0. The van der Waals surface area contributed by atoms with E-state index in [1.807, 2.05) is 42.5 Å². The maximum atomic E-state index is 11.8. The normalized spacial score (nSPS) is 9.95. The van der Waals surface area contributed by atoms with Crippen molar-refractivity contribution in [3.63, 3.8) is 0 Å². The first kappa shape index (κ1) is 14.8. The number of ether oxygens (including phenoxy) is 2. The van der Waals surface area contributed by atoms with Crippen LogP contribution >= 0.6 is 0 Å². The molecule has 4 heteroatoms. The molecule has 0 saturated heterocycles. The molecule has 0 amide bonds. The van der Waals surface area contributed by atoms with Gasteiger partial charge in [0.05, 0.1) is 12.2 Å². The van der Waals surface area contributed by atoms with Crippen LogP contribution in [0.5, 0.6) is 0 Å². The van der Waals surface area contributed by atoms with Crippen molar-refractivity contribution in [2.75, 3.05) is 13.2 Å². The van der Waals surface area contributed by atoms with Crippen LogP contribution in [0.3, 0.4) is 0 Å². The lowest BCUT2D eigenvalue weighted by Gasteiger charge is -2.06. The van der Waals surface area contributed by atoms with Crippen molar-refractivity contribution in [3.8, 4) is 11.1 Å². The smallest absolute Gasteiger partial charge is 0.344 e. The Bertz CT molecular complexity index is 602. The predicted octanol–water partition coefficient (Wildman–Crippen LogP) is 3.07. The van der Waals surface area contributed by atoms with E-state index in [4.69, 9.17) is 4.74 Å². The van der Waals surface area contributed by atoms with E-state index in [0.29, 0.717) is 5.56 Å². The van der Waals surface area contributed by atoms with E-state index >= 15 is 0 Å². The third kappa shape index (κ3) is 4.18. The molecule has 21 heavy (non-hydrogen) atoms. The number of esters is 2. The molecule has 0 aliphatic heterocycles. The Hall–Kier alpha value is -2.62. The second kappa shape index (κ2) is 7.24. The lowest BCUT2D eigenvalue weighted by Crippen LogP contribution is -2.16. The van der Waals surface area contributed by atoms with Gasteiger partial charge in [-0.25, -0.2) is 9.59 Å². The predicted molar refractivity (Wildman–Crippen MR) is 78.8 cm³/mol. The highest BCUT2D eigenvalue weighted by atomic mass is 16.6. The summed E-state index contributed by atoms with van der Waals surface area (Å²) in [6.07, 6.45) is 0. The summed E-state index contributed by atoms with van der Waals surface area (Å²) in [5.74, 6) is -1.09. The first-order valence-electron chi connectivity index (χ1n) is 6.69. The summed E-state index contributed by atoms with van der Waals surface area (Å²) in [6, 6.07) is 16.9. The largest absolute Gasteiger partial charge is 0.463 e. The molecule has 0 aromatic heterocycles. The second-order valence-corrected chi connectivity index (χ2v) is 4.32. The number of hydrogen-bond donors (Lipinski definition) is 0. The molecular formula is C17H16O4. The molecule has 2 aromatic carbocycles. The van der Waals surface area contributed by atoms with Gasteiger partial charge in [0.25, 0.3) is 0 Å². The van der Waals surface area contributed by atoms with Gasteiger partial charge in [0.15, 0.2) is 6.61 Å². The van der Waals surface area contributed by atoms with Gasteiger partial charge in [0, 0.05) is 0 Å². The minimum absolute atomic E-state index is 0.266. The van der Waals surface area contributed by atoms with Crippen molar-refractivity contribution in [2.24, 2.45) is 0 Å². The van der Waals surface area contributed by atoms with Crippen molar-refractivity contribution in [1.29, 1.82) is 0 Å². The van der Waals surface area contributed by atoms with Gasteiger partial charge in [-0.15, -0.1) is 0 Å². The topological polar surface area (TPSA) is 52.6 Å². The molecule has 0 heterocycles. The van der Waals surface area contributed by atoms with E-state index < -0.39 is 11.9 Å². The Labute approximate surface area is 123 Å². The van der Waals surface area contributed by atoms with Crippen LogP contribution < -0.4 is 0 Å². The molecule has 0 N–H and O–H groups in total. The fourth-order valence-electron chi connectivity index (χ4n) is 1.84. The Morgan fingerprint density at radius 1 is 0.857 bits per heavy atom. The Morgan fingerprint density at radius 2 is 1.48 bits per heavy atom. The third-order valence-electron chi connectivity index (χ3n) is 2.85. The van der Waals surface area contributed by atoms with E-state index in [1.54, 1.807) is 19.1 Å². The number of carbonyl (C=O) groups is 2. The molecule has 0 unspecified atom stereocenters. The van der Waals surface area contributed by atoms with Crippen LogP contribution in [0.1, 0.15) is 17.3 Å². The molecule has 0 fully saturated rings. The van der Waals surface area contributed by atoms with Crippen molar-refractivity contribution in [3.05, 3.63) is 60.2 Å². The van der Waals surface area contributed by atoms with Gasteiger partial charge in [-0.2, -0.15) is 0 Å². The average Bonchev–Trinajstić information content (AvgIpc) is 2.54. The molecule has 108 valence electrons. The maximum absolute atomic E-state index is 11.8. The van der Waals surface area contributed by atoms with E-state index in [9.17, 15) is 9.59 Å². The number of hydrogen-bond acceptors (Lipinski definition) is 4. The molecular weight excluding hydrogens is 268 g/mol. The second-order valence-electron chi connectivity index (χ2n) is 4.32. The first-order chi connectivity index (χ1) is 10.2. The maximum Gasteiger partial charge on any atom is 0.344 e. The third-order valence-corrected chi connectivity index (χ3v) is 2.85. The minimum Gasteiger partial charge on any atom is -0.463 e. The molecule has 0 radical (unpaired) electrons. The zero-order valence-corrected chi connectivity index (χ0v) is 11.7. The molecule has 2 aromatic rings. The minimum atomic E-state index is -0.549. The quantitative estimate of drug-likeness (QED) is 0.792. The van der Waals surface area contributed by atoms with Gasteiger partial charge in [-0.05, 0) is 30.2 Å². The highest BCUT2D eigenvalue weighted by Crippen LogP contribution is 2.19. The molecule has 0 atom stereocenters. The standard InChI is InChI=1S/C17H16O4/c1-2-20-16(18)12-21-17(19)15-10-8-14(9-11-15)13-6-4-3-5-7-13/h3-11H,2,12H2,1H3. The number of benzene rings is 2. The Balaban J connectivity index is 1.99. The average molecular weight is 284 g/mol. The summed E-state index contributed by atoms with van der Waals surface area (Å²) < 4.78 is 9.56. The summed E-state index contributed by atoms with van der Waals surface area (Å²) >= 11 is 0. The fourth-order valence-corrected chi connectivity index (χ4v) is 1.84. The van der Waals surface area contributed by atoms with Gasteiger partial charge in [-0.3, -0.25) is 0 Å². The van der Waals surface area contributed by atoms with E-state index in [1.165, 1.54) is 0 Å². The van der Waals surface area contributed by atoms with Crippen molar-refractivity contribution in [1.82, 2.24) is 0 Å². The Morgan fingerprint density at radius 3 is 2.10 bits per heavy atom. The van der Waals surface area contributed by atoms with E-state index in [0.717, 1.165) is 11.1 Å². The van der Waals surface area contributed by atoms with Crippen molar-refractivity contribution < 1.29 is 19.1 Å². The number of rotatable bonds is 5. The molecule has 0 bridgehead atoms. The highest BCUT2D eigenvalue weighted by Gasteiger charge is 2.10. The lowest BCUT2D eigenvalue weighted by molar-refractivity contribution is -0.146. The summed E-state index contributed by atoms with van der Waals surface area (Å²) in [7, 11) is 0. The molecule has 0 aliphatic carbocycles. The van der Waals surface area contributed by atoms with Crippen LogP contribution in [0, 0.1) is 0 Å². The summed E-state index contributed by atoms with van der Waals surface area (Å²) in [5.41, 5.74) is 2.49. The van der Waals surface area contributed by atoms with Crippen LogP contribution in [0.4, 0.5) is 0 Å². The van der Waals surface area contributed by atoms with Crippen molar-refractivity contribution in [2.45, 2.75) is 6.92 Å². The molecule has 0 aliphatic rings. The van der Waals surface area contributed by atoms with E-state index in [2.05, 4.69) is 4.74 Å². The molecule has 4 nitrogen and oxygen atoms in total.